The molecule has 0 aromatic carbocycles. The van der Waals surface area contributed by atoms with Crippen LogP contribution in [0.1, 0.15) is 37.5 Å². The van der Waals surface area contributed by atoms with E-state index in [0.717, 1.165) is 6.42 Å². The fourth-order valence-electron chi connectivity index (χ4n) is 0.963. The average Bonchev–Trinajstić information content (AvgIpc) is 2.57. The van der Waals surface area contributed by atoms with Crippen LogP contribution in [0.2, 0.25) is 0 Å². The maximum atomic E-state index is 3.18. The Morgan fingerprint density at radius 1 is 1.42 bits per heavy atom. The van der Waals surface area contributed by atoms with Gasteiger partial charge in [0.2, 0.25) is 0 Å². The van der Waals surface area contributed by atoms with Crippen molar-refractivity contribution >= 4 is 11.3 Å². The molecule has 0 saturated carbocycles. The molecule has 0 spiro atoms. The Morgan fingerprint density at radius 3 is 3.00 bits per heavy atom. The van der Waals surface area contributed by atoms with Crippen LogP contribution in [0.3, 0.4) is 0 Å². The molecule has 1 aromatic rings. The summed E-state index contributed by atoms with van der Waals surface area (Å²) in [5.74, 6) is 6.34. The summed E-state index contributed by atoms with van der Waals surface area (Å²) in [7, 11) is 0. The molecule has 1 heterocycles. The fourth-order valence-corrected chi connectivity index (χ4v) is 1.55. The highest BCUT2D eigenvalue weighted by Crippen LogP contribution is 2.06. The molecule has 0 unspecified atom stereocenters. The van der Waals surface area contributed by atoms with Gasteiger partial charge >= 0.3 is 0 Å². The van der Waals surface area contributed by atoms with Crippen molar-refractivity contribution in [2.45, 2.75) is 32.6 Å². The molecule has 0 aliphatic heterocycles. The molecule has 0 nitrogen and oxygen atoms in total. The van der Waals surface area contributed by atoms with Crippen molar-refractivity contribution in [2.24, 2.45) is 0 Å². The van der Waals surface area contributed by atoms with E-state index in [1.165, 1.54) is 24.1 Å². The van der Waals surface area contributed by atoms with Crippen molar-refractivity contribution in [1.82, 2.24) is 0 Å². The Hall–Kier alpha value is -0.740. The largest absolute Gasteiger partial charge is 0.135 e. The third kappa shape index (κ3) is 3.59. The smallest absolute Gasteiger partial charge is 0.0768 e. The maximum absolute atomic E-state index is 3.18. The number of hydrogen-bond acceptors (Lipinski definition) is 1. The van der Waals surface area contributed by atoms with Gasteiger partial charge in [-0.3, -0.25) is 0 Å². The molecule has 1 aromatic heterocycles. The molecule has 12 heavy (non-hydrogen) atoms. The molecule has 0 amide bonds. The van der Waals surface area contributed by atoms with Gasteiger partial charge in [0.25, 0.3) is 0 Å². The molecular weight excluding hydrogens is 164 g/mol. The predicted molar refractivity (Wildman–Crippen MR) is 55.3 cm³/mol. The van der Waals surface area contributed by atoms with Crippen LogP contribution in [0.4, 0.5) is 0 Å². The van der Waals surface area contributed by atoms with Crippen molar-refractivity contribution < 1.29 is 0 Å². The van der Waals surface area contributed by atoms with Crippen molar-refractivity contribution in [2.75, 3.05) is 0 Å². The first-order valence-corrected chi connectivity index (χ1v) is 5.34. The highest BCUT2D eigenvalue weighted by Gasteiger charge is 1.84. The zero-order valence-electron chi connectivity index (χ0n) is 7.47. The van der Waals surface area contributed by atoms with Gasteiger partial charge in [-0.25, -0.2) is 0 Å². The van der Waals surface area contributed by atoms with Gasteiger partial charge in [0.05, 0.1) is 4.88 Å². The topological polar surface area (TPSA) is 0 Å². The van der Waals surface area contributed by atoms with Crippen LogP contribution in [-0.4, -0.2) is 0 Å². The van der Waals surface area contributed by atoms with E-state index >= 15 is 0 Å². The number of rotatable bonds is 3. The minimum atomic E-state index is 1.05. The molecule has 0 aliphatic rings. The second-order valence-corrected chi connectivity index (χ2v) is 3.68. The lowest BCUT2D eigenvalue weighted by atomic mass is 10.2. The normalized spacial score (nSPS) is 9.08. The first kappa shape index (κ1) is 9.35. The van der Waals surface area contributed by atoms with Crippen molar-refractivity contribution in [3.05, 3.63) is 22.4 Å². The van der Waals surface area contributed by atoms with E-state index in [-0.39, 0.29) is 0 Å². The lowest BCUT2D eigenvalue weighted by Gasteiger charge is -1.87. The molecule has 0 radical (unpaired) electrons. The van der Waals surface area contributed by atoms with E-state index in [0.29, 0.717) is 0 Å². The maximum Gasteiger partial charge on any atom is 0.0768 e. The van der Waals surface area contributed by atoms with Gasteiger partial charge < -0.3 is 0 Å². The third-order valence-corrected chi connectivity index (χ3v) is 2.42. The lowest BCUT2D eigenvalue weighted by Crippen LogP contribution is -1.70. The summed E-state index contributed by atoms with van der Waals surface area (Å²) in [6, 6.07) is 4.11. The Bertz CT molecular complexity index is 248. The van der Waals surface area contributed by atoms with Crippen molar-refractivity contribution in [3.8, 4) is 11.8 Å². The summed E-state index contributed by atoms with van der Waals surface area (Å²) < 4.78 is 0. The van der Waals surface area contributed by atoms with Crippen LogP contribution >= 0.6 is 11.3 Å². The van der Waals surface area contributed by atoms with Crippen LogP contribution < -0.4 is 0 Å². The van der Waals surface area contributed by atoms with Crippen LogP contribution in [0.25, 0.3) is 0 Å². The molecule has 0 bridgehead atoms. The Labute approximate surface area is 78.6 Å². The Morgan fingerprint density at radius 2 is 2.33 bits per heavy atom. The van der Waals surface area contributed by atoms with E-state index in [2.05, 4.69) is 30.2 Å². The Balaban J connectivity index is 2.21. The van der Waals surface area contributed by atoms with E-state index in [9.17, 15) is 0 Å². The first-order valence-electron chi connectivity index (χ1n) is 4.46. The quantitative estimate of drug-likeness (QED) is 0.489. The predicted octanol–water partition coefficient (Wildman–Crippen LogP) is 3.68. The minimum Gasteiger partial charge on any atom is -0.135 e. The van der Waals surface area contributed by atoms with Crippen molar-refractivity contribution in [1.29, 1.82) is 0 Å². The standard InChI is InChI=1S/C11H14S/c1-2-3-4-5-6-8-11-9-7-10-12-11/h7,9-10H,2-5H2,1H3. The average molecular weight is 178 g/mol. The van der Waals surface area contributed by atoms with Gasteiger partial charge in [0, 0.05) is 6.42 Å². The van der Waals surface area contributed by atoms with Gasteiger partial charge in [0.15, 0.2) is 0 Å². The SMILES string of the molecule is CCCCCC#Cc1cccs1. The van der Waals surface area contributed by atoms with Crippen LogP contribution in [0.15, 0.2) is 17.5 Å². The summed E-state index contributed by atoms with van der Waals surface area (Å²) in [5, 5.41) is 2.07. The van der Waals surface area contributed by atoms with E-state index in [1.807, 2.05) is 6.07 Å². The highest BCUT2D eigenvalue weighted by atomic mass is 32.1. The summed E-state index contributed by atoms with van der Waals surface area (Å²) in [6.45, 7) is 2.21. The first-order chi connectivity index (χ1) is 5.93. The van der Waals surface area contributed by atoms with Gasteiger partial charge in [-0.15, -0.1) is 11.3 Å². The third-order valence-electron chi connectivity index (χ3n) is 1.64. The molecule has 0 N–H and O–H groups in total. The molecule has 1 rings (SSSR count). The second kappa shape index (κ2) is 5.85. The van der Waals surface area contributed by atoms with Gasteiger partial charge in [-0.1, -0.05) is 37.7 Å². The zero-order chi connectivity index (χ0) is 8.65. The summed E-state index contributed by atoms with van der Waals surface area (Å²) >= 11 is 1.71. The van der Waals surface area contributed by atoms with Gasteiger partial charge in [0.1, 0.15) is 0 Å². The second-order valence-electron chi connectivity index (χ2n) is 2.74. The van der Waals surface area contributed by atoms with Crippen LogP contribution in [0.5, 0.6) is 0 Å². The molecule has 0 atom stereocenters. The van der Waals surface area contributed by atoms with Crippen LogP contribution in [0, 0.1) is 11.8 Å². The van der Waals surface area contributed by atoms with E-state index < -0.39 is 0 Å². The van der Waals surface area contributed by atoms with E-state index in [4.69, 9.17) is 0 Å². The molecule has 64 valence electrons. The highest BCUT2D eigenvalue weighted by molar-refractivity contribution is 7.10. The monoisotopic (exact) mass is 178 g/mol. The van der Waals surface area contributed by atoms with Gasteiger partial charge in [-0.2, -0.15) is 0 Å². The summed E-state index contributed by atoms with van der Waals surface area (Å²) in [5.41, 5.74) is 0. The van der Waals surface area contributed by atoms with E-state index in [1.54, 1.807) is 11.3 Å². The Kier molecular flexibility index (Phi) is 4.56. The molecule has 0 fully saturated rings. The number of thiophene rings is 1. The lowest BCUT2D eigenvalue weighted by molar-refractivity contribution is 0.737. The van der Waals surface area contributed by atoms with Crippen molar-refractivity contribution in [3.63, 3.8) is 0 Å². The van der Waals surface area contributed by atoms with Gasteiger partial charge in [-0.05, 0) is 17.9 Å². The number of hydrogen-bond donors (Lipinski definition) is 0. The molecule has 1 heteroatoms. The number of unbranched alkanes of at least 4 members (excludes halogenated alkanes) is 3. The molecule has 0 saturated heterocycles. The minimum absolute atomic E-state index is 1.05. The van der Waals surface area contributed by atoms with Crippen LogP contribution in [-0.2, 0) is 0 Å². The fraction of sp³-hybridized carbons (Fsp3) is 0.455. The summed E-state index contributed by atoms with van der Waals surface area (Å²) in [4.78, 5) is 1.19. The summed E-state index contributed by atoms with van der Waals surface area (Å²) in [6.07, 6.45) is 4.88. The molecular formula is C11H14S. The molecule has 0 aliphatic carbocycles. The zero-order valence-corrected chi connectivity index (χ0v) is 8.29.